The van der Waals surface area contributed by atoms with Crippen LogP contribution >= 0.6 is 0 Å². The van der Waals surface area contributed by atoms with E-state index in [1.54, 1.807) is 26.8 Å². The zero-order chi connectivity index (χ0) is 12.3. The van der Waals surface area contributed by atoms with Gasteiger partial charge >= 0.3 is 5.97 Å². The molecule has 0 aliphatic carbocycles. The van der Waals surface area contributed by atoms with Crippen molar-refractivity contribution in [2.45, 2.75) is 26.8 Å². The summed E-state index contributed by atoms with van der Waals surface area (Å²) in [6.45, 7) is 5.17. The van der Waals surface area contributed by atoms with Crippen molar-refractivity contribution in [2.24, 2.45) is 5.92 Å². The minimum atomic E-state index is -1.05. The maximum Gasteiger partial charge on any atom is 0.326 e. The standard InChI is InChI=1S/C11H15NO4/c1-6(2)9(11(14)15)12-10(13)8-5-4-7(3)16-8/h4-6,9H,1-3H3,(H,12,13)(H,14,15)/t9-/m0/s1. The number of carboxylic acid groups (broad SMARTS) is 1. The lowest BCUT2D eigenvalue weighted by molar-refractivity contribution is -0.140. The second kappa shape index (κ2) is 4.83. The van der Waals surface area contributed by atoms with Gasteiger partial charge in [-0.1, -0.05) is 13.8 Å². The molecule has 5 nitrogen and oxygen atoms in total. The van der Waals surface area contributed by atoms with Crippen molar-refractivity contribution >= 4 is 11.9 Å². The molecule has 1 heterocycles. The summed E-state index contributed by atoms with van der Waals surface area (Å²) in [6, 6.07) is 2.27. The molecule has 0 unspecified atom stereocenters. The molecular formula is C11H15NO4. The minimum Gasteiger partial charge on any atom is -0.480 e. The van der Waals surface area contributed by atoms with Gasteiger partial charge in [0.25, 0.3) is 5.91 Å². The van der Waals surface area contributed by atoms with E-state index in [0.717, 1.165) is 0 Å². The number of amides is 1. The van der Waals surface area contributed by atoms with Crippen LogP contribution in [-0.4, -0.2) is 23.0 Å². The van der Waals surface area contributed by atoms with Crippen LogP contribution in [0.5, 0.6) is 0 Å². The molecule has 0 aliphatic heterocycles. The lowest BCUT2D eigenvalue weighted by Gasteiger charge is -2.16. The van der Waals surface area contributed by atoms with Gasteiger partial charge in [-0.2, -0.15) is 0 Å². The van der Waals surface area contributed by atoms with Gasteiger partial charge in [-0.25, -0.2) is 4.79 Å². The number of aliphatic carboxylic acids is 1. The quantitative estimate of drug-likeness (QED) is 0.812. The number of carbonyl (C=O) groups excluding carboxylic acids is 1. The fourth-order valence-corrected chi connectivity index (χ4v) is 1.28. The topological polar surface area (TPSA) is 79.5 Å². The normalized spacial score (nSPS) is 12.5. The molecular weight excluding hydrogens is 210 g/mol. The van der Waals surface area contributed by atoms with Crippen LogP contribution in [0.15, 0.2) is 16.5 Å². The van der Waals surface area contributed by atoms with E-state index >= 15 is 0 Å². The summed E-state index contributed by atoms with van der Waals surface area (Å²) in [7, 11) is 0. The first-order chi connectivity index (χ1) is 7.41. The Morgan fingerprint density at radius 1 is 1.38 bits per heavy atom. The van der Waals surface area contributed by atoms with Crippen LogP contribution in [-0.2, 0) is 4.79 Å². The fraction of sp³-hybridized carbons (Fsp3) is 0.455. The zero-order valence-electron chi connectivity index (χ0n) is 9.48. The Labute approximate surface area is 93.4 Å². The van der Waals surface area contributed by atoms with E-state index in [4.69, 9.17) is 9.52 Å². The Morgan fingerprint density at radius 2 is 2.00 bits per heavy atom. The highest BCUT2D eigenvalue weighted by atomic mass is 16.4. The van der Waals surface area contributed by atoms with E-state index in [0.29, 0.717) is 5.76 Å². The van der Waals surface area contributed by atoms with Crippen LogP contribution in [0.1, 0.15) is 30.2 Å². The van der Waals surface area contributed by atoms with E-state index in [2.05, 4.69) is 5.32 Å². The molecule has 0 saturated carbocycles. The number of carboxylic acids is 1. The second-order valence-electron chi connectivity index (χ2n) is 3.94. The van der Waals surface area contributed by atoms with Crippen molar-refractivity contribution in [1.29, 1.82) is 0 Å². The lowest BCUT2D eigenvalue weighted by atomic mass is 10.0. The molecule has 0 bridgehead atoms. The smallest absolute Gasteiger partial charge is 0.326 e. The maximum absolute atomic E-state index is 11.6. The van der Waals surface area contributed by atoms with Crippen molar-refractivity contribution < 1.29 is 19.1 Å². The summed E-state index contributed by atoms with van der Waals surface area (Å²) in [6.07, 6.45) is 0. The maximum atomic E-state index is 11.6. The average Bonchev–Trinajstić information content (AvgIpc) is 2.59. The van der Waals surface area contributed by atoms with Crippen molar-refractivity contribution in [3.8, 4) is 0 Å². The highest BCUT2D eigenvalue weighted by molar-refractivity contribution is 5.94. The van der Waals surface area contributed by atoms with Crippen LogP contribution in [0.3, 0.4) is 0 Å². The number of carbonyl (C=O) groups is 2. The number of aryl methyl sites for hydroxylation is 1. The number of hydrogen-bond donors (Lipinski definition) is 2. The first kappa shape index (κ1) is 12.3. The number of hydrogen-bond acceptors (Lipinski definition) is 3. The van der Waals surface area contributed by atoms with Gasteiger partial charge in [-0.15, -0.1) is 0 Å². The SMILES string of the molecule is Cc1ccc(C(=O)N[C@H](C(=O)O)C(C)C)o1. The molecule has 1 amide bonds. The van der Waals surface area contributed by atoms with Gasteiger partial charge in [-0.3, -0.25) is 4.79 Å². The molecule has 0 radical (unpaired) electrons. The van der Waals surface area contributed by atoms with Gasteiger partial charge in [0.05, 0.1) is 0 Å². The molecule has 88 valence electrons. The van der Waals surface area contributed by atoms with Crippen LogP contribution in [0.2, 0.25) is 0 Å². The highest BCUT2D eigenvalue weighted by Gasteiger charge is 2.24. The summed E-state index contributed by atoms with van der Waals surface area (Å²) >= 11 is 0. The van der Waals surface area contributed by atoms with Crippen molar-refractivity contribution in [2.75, 3.05) is 0 Å². The zero-order valence-corrected chi connectivity index (χ0v) is 9.48. The average molecular weight is 225 g/mol. The van der Waals surface area contributed by atoms with Gasteiger partial charge < -0.3 is 14.8 Å². The molecule has 0 fully saturated rings. The Kier molecular flexibility index (Phi) is 3.71. The summed E-state index contributed by atoms with van der Waals surface area (Å²) < 4.78 is 5.10. The second-order valence-corrected chi connectivity index (χ2v) is 3.94. The predicted molar refractivity (Wildman–Crippen MR) is 57.2 cm³/mol. The van der Waals surface area contributed by atoms with Crippen LogP contribution in [0.4, 0.5) is 0 Å². The van der Waals surface area contributed by atoms with Crippen molar-refractivity contribution in [1.82, 2.24) is 5.32 Å². The van der Waals surface area contributed by atoms with Crippen molar-refractivity contribution in [3.63, 3.8) is 0 Å². The summed E-state index contributed by atoms with van der Waals surface area (Å²) in [4.78, 5) is 22.5. The highest BCUT2D eigenvalue weighted by Crippen LogP contribution is 2.08. The molecule has 0 saturated heterocycles. The molecule has 0 aliphatic rings. The third-order valence-corrected chi connectivity index (χ3v) is 2.18. The monoisotopic (exact) mass is 225 g/mol. The first-order valence-corrected chi connectivity index (χ1v) is 5.02. The summed E-state index contributed by atoms with van der Waals surface area (Å²) in [5, 5.41) is 11.3. The lowest BCUT2D eigenvalue weighted by Crippen LogP contribution is -2.44. The van der Waals surface area contributed by atoms with E-state index < -0.39 is 17.9 Å². The van der Waals surface area contributed by atoms with E-state index in [1.807, 2.05) is 0 Å². The number of furan rings is 1. The summed E-state index contributed by atoms with van der Waals surface area (Å²) in [5.41, 5.74) is 0. The van der Waals surface area contributed by atoms with Gasteiger partial charge in [0.2, 0.25) is 0 Å². The van der Waals surface area contributed by atoms with E-state index in [-0.39, 0.29) is 11.7 Å². The van der Waals surface area contributed by atoms with Crippen LogP contribution < -0.4 is 5.32 Å². The molecule has 0 spiro atoms. The first-order valence-electron chi connectivity index (χ1n) is 5.02. The van der Waals surface area contributed by atoms with Gasteiger partial charge in [-0.05, 0) is 25.0 Å². The van der Waals surface area contributed by atoms with Gasteiger partial charge in [0.1, 0.15) is 11.8 Å². The molecule has 2 N–H and O–H groups in total. The van der Waals surface area contributed by atoms with E-state index in [9.17, 15) is 9.59 Å². The number of rotatable bonds is 4. The van der Waals surface area contributed by atoms with E-state index in [1.165, 1.54) is 6.07 Å². The molecule has 0 aromatic carbocycles. The summed E-state index contributed by atoms with van der Waals surface area (Å²) in [5.74, 6) is -0.996. The van der Waals surface area contributed by atoms with Gasteiger partial charge in [0, 0.05) is 0 Å². The Balaban J connectivity index is 2.73. The molecule has 1 atom stereocenters. The molecule has 1 aromatic rings. The Bertz CT molecular complexity index is 394. The van der Waals surface area contributed by atoms with Crippen LogP contribution in [0, 0.1) is 12.8 Å². The third kappa shape index (κ3) is 2.85. The largest absolute Gasteiger partial charge is 0.480 e. The fourth-order valence-electron chi connectivity index (χ4n) is 1.28. The molecule has 1 rings (SSSR count). The third-order valence-electron chi connectivity index (χ3n) is 2.18. The van der Waals surface area contributed by atoms with Crippen LogP contribution in [0.25, 0.3) is 0 Å². The minimum absolute atomic E-state index is 0.129. The predicted octanol–water partition coefficient (Wildman–Crippen LogP) is 1.43. The molecule has 1 aromatic heterocycles. The molecule has 16 heavy (non-hydrogen) atoms. The van der Waals surface area contributed by atoms with Gasteiger partial charge in [0.15, 0.2) is 5.76 Å². The van der Waals surface area contributed by atoms with Crippen molar-refractivity contribution in [3.05, 3.63) is 23.7 Å². The Hall–Kier alpha value is -1.78. The molecule has 5 heteroatoms. The Morgan fingerprint density at radius 3 is 2.38 bits per heavy atom. The number of nitrogens with one attached hydrogen (secondary N) is 1.